The van der Waals surface area contributed by atoms with Crippen LogP contribution >= 0.6 is 12.4 Å². The van der Waals surface area contributed by atoms with Crippen LogP contribution in [0.1, 0.15) is 43.7 Å². The summed E-state index contributed by atoms with van der Waals surface area (Å²) < 4.78 is 0. The monoisotopic (exact) mass is 353 g/mol. The van der Waals surface area contributed by atoms with Gasteiger partial charge in [-0.05, 0) is 49.9 Å². The van der Waals surface area contributed by atoms with E-state index in [4.69, 9.17) is 0 Å². The smallest absolute Gasteiger partial charge is 0.234 e. The summed E-state index contributed by atoms with van der Waals surface area (Å²) in [6.07, 6.45) is 3.27. The van der Waals surface area contributed by atoms with E-state index in [2.05, 4.69) is 53.6 Å². The summed E-state index contributed by atoms with van der Waals surface area (Å²) in [5.41, 5.74) is 2.64. The van der Waals surface area contributed by atoms with E-state index in [0.29, 0.717) is 25.0 Å². The molecule has 136 valence electrons. The first kappa shape index (κ1) is 20.9. The second-order valence-electron chi connectivity index (χ2n) is 6.86. The van der Waals surface area contributed by atoms with Crippen molar-refractivity contribution < 1.29 is 4.79 Å². The minimum absolute atomic E-state index is 0. The second-order valence-corrected chi connectivity index (χ2v) is 6.86. The van der Waals surface area contributed by atoms with Gasteiger partial charge in [-0.2, -0.15) is 0 Å². The maximum Gasteiger partial charge on any atom is 0.234 e. The van der Waals surface area contributed by atoms with Crippen LogP contribution in [0.4, 0.5) is 0 Å². The third kappa shape index (κ3) is 6.80. The topological polar surface area (TPSA) is 44.4 Å². The molecule has 1 fully saturated rings. The normalized spacial score (nSPS) is 18.2. The number of benzene rings is 1. The van der Waals surface area contributed by atoms with Gasteiger partial charge >= 0.3 is 0 Å². The third-order valence-corrected chi connectivity index (χ3v) is 4.66. The number of amides is 1. The number of nitrogens with one attached hydrogen (secondary N) is 2. The molecule has 1 atom stereocenters. The highest BCUT2D eigenvalue weighted by Gasteiger charge is 2.19. The van der Waals surface area contributed by atoms with Gasteiger partial charge in [0, 0.05) is 19.1 Å². The zero-order valence-corrected chi connectivity index (χ0v) is 16.0. The van der Waals surface area contributed by atoms with Crippen LogP contribution in [-0.4, -0.2) is 50.1 Å². The molecule has 0 bridgehead atoms. The van der Waals surface area contributed by atoms with Crippen molar-refractivity contribution in [3.63, 3.8) is 0 Å². The molecule has 24 heavy (non-hydrogen) atoms. The van der Waals surface area contributed by atoms with Crippen molar-refractivity contribution >= 4 is 18.3 Å². The van der Waals surface area contributed by atoms with Gasteiger partial charge in [-0.15, -0.1) is 12.4 Å². The molecule has 1 heterocycles. The summed E-state index contributed by atoms with van der Waals surface area (Å²) in [6, 6.07) is 9.24. The Balaban J connectivity index is 0.00000288. The van der Waals surface area contributed by atoms with Crippen LogP contribution in [0.25, 0.3) is 0 Å². The Kier molecular flexibility index (Phi) is 9.34. The van der Waals surface area contributed by atoms with E-state index in [1.54, 1.807) is 0 Å². The molecule has 5 heteroatoms. The van der Waals surface area contributed by atoms with Gasteiger partial charge in [-0.25, -0.2) is 0 Å². The number of carbonyl (C=O) groups is 1. The number of hydrogen-bond donors (Lipinski definition) is 2. The van der Waals surface area contributed by atoms with Crippen molar-refractivity contribution in [2.75, 3.05) is 33.2 Å². The van der Waals surface area contributed by atoms with E-state index in [9.17, 15) is 4.79 Å². The van der Waals surface area contributed by atoms with Gasteiger partial charge in [0.25, 0.3) is 0 Å². The molecule has 0 radical (unpaired) electrons. The zero-order chi connectivity index (χ0) is 16.7. The van der Waals surface area contributed by atoms with E-state index >= 15 is 0 Å². The fourth-order valence-corrected chi connectivity index (χ4v) is 3.11. The van der Waals surface area contributed by atoms with Crippen LogP contribution in [0.2, 0.25) is 0 Å². The zero-order valence-electron chi connectivity index (χ0n) is 15.2. The summed E-state index contributed by atoms with van der Waals surface area (Å²) >= 11 is 0. The summed E-state index contributed by atoms with van der Waals surface area (Å²) in [6.45, 7) is 7.64. The molecule has 2 N–H and O–H groups in total. The minimum Gasteiger partial charge on any atom is -0.355 e. The Morgan fingerprint density at radius 2 is 2.00 bits per heavy atom. The molecule has 0 aliphatic carbocycles. The Hall–Kier alpha value is -1.10. The van der Waals surface area contributed by atoms with Crippen LogP contribution in [-0.2, 0) is 11.2 Å². The molecule has 1 saturated heterocycles. The number of likely N-dealkylation sites (tertiary alicyclic amines) is 1. The van der Waals surface area contributed by atoms with Crippen molar-refractivity contribution in [2.45, 2.75) is 45.1 Å². The maximum atomic E-state index is 12.1. The van der Waals surface area contributed by atoms with E-state index in [-0.39, 0.29) is 18.3 Å². The number of piperidine rings is 1. The number of carbonyl (C=O) groups excluding carboxylic acids is 1. The van der Waals surface area contributed by atoms with E-state index in [0.717, 1.165) is 19.5 Å². The van der Waals surface area contributed by atoms with Crippen molar-refractivity contribution in [3.8, 4) is 0 Å². The first-order valence-corrected chi connectivity index (χ1v) is 8.83. The number of nitrogens with zero attached hydrogens (tertiary/aromatic N) is 1. The van der Waals surface area contributed by atoms with Gasteiger partial charge in [-0.3, -0.25) is 9.69 Å². The predicted octanol–water partition coefficient (Wildman–Crippen LogP) is 2.57. The molecule has 1 aliphatic heterocycles. The van der Waals surface area contributed by atoms with Crippen LogP contribution in [0.3, 0.4) is 0 Å². The lowest BCUT2D eigenvalue weighted by molar-refractivity contribution is -0.122. The average Bonchev–Trinajstić information content (AvgIpc) is 2.55. The number of hydrogen-bond acceptors (Lipinski definition) is 3. The highest BCUT2D eigenvalue weighted by Crippen LogP contribution is 2.14. The van der Waals surface area contributed by atoms with Crippen molar-refractivity contribution in [1.29, 1.82) is 0 Å². The molecule has 2 rings (SSSR count). The van der Waals surface area contributed by atoms with Gasteiger partial charge in [0.1, 0.15) is 0 Å². The molecule has 0 saturated carbocycles. The lowest BCUT2D eigenvalue weighted by atomic mass is 10.0. The Bertz CT molecular complexity index is 490. The van der Waals surface area contributed by atoms with Crippen molar-refractivity contribution in [2.24, 2.45) is 0 Å². The van der Waals surface area contributed by atoms with Crippen LogP contribution in [0.15, 0.2) is 24.3 Å². The second kappa shape index (κ2) is 10.7. The standard InChI is InChI=1S/C19H31N3O.ClH/c1-15(2)17-8-6-16(7-9-17)10-11-21-19(23)14-22-12-4-5-18(13-22)20-3;/h6-9,15,18,20H,4-5,10-14H2,1-3H3,(H,21,23);1H. The van der Waals surface area contributed by atoms with Gasteiger partial charge in [0.05, 0.1) is 6.54 Å². The Morgan fingerprint density at radius 3 is 2.62 bits per heavy atom. The molecular formula is C19H32ClN3O. The van der Waals surface area contributed by atoms with Crippen LogP contribution in [0, 0.1) is 0 Å². The first-order chi connectivity index (χ1) is 11.1. The lowest BCUT2D eigenvalue weighted by Gasteiger charge is -2.31. The molecule has 0 spiro atoms. The maximum absolute atomic E-state index is 12.1. The Morgan fingerprint density at radius 1 is 1.29 bits per heavy atom. The number of rotatable bonds is 7. The van der Waals surface area contributed by atoms with Gasteiger partial charge < -0.3 is 10.6 Å². The Labute approximate surface area is 152 Å². The van der Waals surface area contributed by atoms with Crippen LogP contribution < -0.4 is 10.6 Å². The SMILES string of the molecule is CNC1CCCN(CC(=O)NCCc2ccc(C(C)C)cc2)C1.Cl. The van der Waals surface area contributed by atoms with E-state index in [1.165, 1.54) is 24.0 Å². The van der Waals surface area contributed by atoms with E-state index in [1.807, 2.05) is 7.05 Å². The molecule has 1 aromatic rings. The molecule has 1 aromatic carbocycles. The fourth-order valence-electron chi connectivity index (χ4n) is 3.11. The molecule has 0 aromatic heterocycles. The highest BCUT2D eigenvalue weighted by molar-refractivity contribution is 5.85. The van der Waals surface area contributed by atoms with Crippen molar-refractivity contribution in [3.05, 3.63) is 35.4 Å². The first-order valence-electron chi connectivity index (χ1n) is 8.83. The number of halogens is 1. The van der Waals surface area contributed by atoms with E-state index < -0.39 is 0 Å². The summed E-state index contributed by atoms with van der Waals surface area (Å²) in [7, 11) is 2.00. The van der Waals surface area contributed by atoms with Crippen molar-refractivity contribution in [1.82, 2.24) is 15.5 Å². The summed E-state index contributed by atoms with van der Waals surface area (Å²) in [5.74, 6) is 0.704. The summed E-state index contributed by atoms with van der Waals surface area (Å²) in [5, 5.41) is 6.36. The fraction of sp³-hybridized carbons (Fsp3) is 0.632. The third-order valence-electron chi connectivity index (χ3n) is 4.66. The van der Waals surface area contributed by atoms with Gasteiger partial charge in [0.15, 0.2) is 0 Å². The molecule has 1 aliphatic rings. The van der Waals surface area contributed by atoms with Crippen LogP contribution in [0.5, 0.6) is 0 Å². The minimum atomic E-state index is 0. The molecule has 4 nitrogen and oxygen atoms in total. The predicted molar refractivity (Wildman–Crippen MR) is 103 cm³/mol. The quantitative estimate of drug-likeness (QED) is 0.791. The number of likely N-dealkylation sites (N-methyl/N-ethyl adjacent to an activating group) is 1. The highest BCUT2D eigenvalue weighted by atomic mass is 35.5. The average molecular weight is 354 g/mol. The largest absolute Gasteiger partial charge is 0.355 e. The lowest BCUT2D eigenvalue weighted by Crippen LogP contribution is -2.48. The molecule has 1 amide bonds. The molecule has 1 unspecified atom stereocenters. The summed E-state index contributed by atoms with van der Waals surface area (Å²) in [4.78, 5) is 14.3. The van der Waals surface area contributed by atoms with Gasteiger partial charge in [0.2, 0.25) is 5.91 Å². The molecular weight excluding hydrogens is 322 g/mol. The van der Waals surface area contributed by atoms with Gasteiger partial charge in [-0.1, -0.05) is 38.1 Å².